The Labute approximate surface area is 275 Å². The number of piperidine rings is 1. The third-order valence-corrected chi connectivity index (χ3v) is 7.28. The molecule has 5 heterocycles. The van der Waals surface area contributed by atoms with Crippen LogP contribution < -0.4 is 10.6 Å². The second kappa shape index (κ2) is 12.6. The normalized spacial score (nSPS) is 15.8. The van der Waals surface area contributed by atoms with Crippen molar-refractivity contribution in [1.29, 1.82) is 0 Å². The number of halogens is 3. The number of hydrogen-bond donors (Lipinski definition) is 2. The van der Waals surface area contributed by atoms with Crippen molar-refractivity contribution >= 4 is 40.7 Å². The number of carbonyl (C=O) groups excluding carboxylic acids is 2. The molecular formula is C32H39F3N8O5. The molecule has 1 aliphatic rings. The first-order valence-electron chi connectivity index (χ1n) is 15.4. The van der Waals surface area contributed by atoms with Crippen molar-refractivity contribution in [2.45, 2.75) is 91.7 Å². The van der Waals surface area contributed by atoms with Crippen LogP contribution in [-0.2, 0) is 15.7 Å². The molecule has 0 saturated carbocycles. The number of anilines is 3. The van der Waals surface area contributed by atoms with Gasteiger partial charge in [-0.3, -0.25) is 0 Å². The Bertz CT molecular complexity index is 1820. The van der Waals surface area contributed by atoms with E-state index in [-0.39, 0.29) is 35.1 Å². The van der Waals surface area contributed by atoms with Crippen LogP contribution in [0.25, 0.3) is 22.3 Å². The minimum Gasteiger partial charge on any atom is -0.444 e. The number of alkyl halides is 3. The second-order valence-electron chi connectivity index (χ2n) is 13.6. The minimum absolute atomic E-state index is 0.0101. The first-order chi connectivity index (χ1) is 22.3. The van der Waals surface area contributed by atoms with Crippen LogP contribution in [0.3, 0.4) is 0 Å². The Balaban J connectivity index is 1.56. The number of aromatic nitrogens is 5. The van der Waals surface area contributed by atoms with Crippen molar-refractivity contribution in [2.75, 3.05) is 23.7 Å². The van der Waals surface area contributed by atoms with Gasteiger partial charge in [-0.1, -0.05) is 5.16 Å². The number of nitrogens with zero attached hydrogens (tertiary/aromatic N) is 6. The fraction of sp³-hybridized carbons (Fsp3) is 0.500. The average molecular weight is 673 g/mol. The van der Waals surface area contributed by atoms with Crippen molar-refractivity contribution in [3.8, 4) is 11.3 Å². The Morgan fingerprint density at radius 3 is 2.31 bits per heavy atom. The summed E-state index contributed by atoms with van der Waals surface area (Å²) in [6.45, 7) is 14.5. The van der Waals surface area contributed by atoms with Crippen LogP contribution in [0.15, 0.2) is 29.0 Å². The number of amides is 1. The van der Waals surface area contributed by atoms with Crippen molar-refractivity contribution in [2.24, 2.45) is 0 Å². The lowest BCUT2D eigenvalue weighted by atomic mass is 10.1. The Morgan fingerprint density at radius 2 is 1.69 bits per heavy atom. The maximum absolute atomic E-state index is 14.4. The summed E-state index contributed by atoms with van der Waals surface area (Å²) in [6, 6.07) is 2.77. The van der Waals surface area contributed by atoms with Gasteiger partial charge in [0, 0.05) is 42.5 Å². The molecule has 4 aromatic heterocycles. The summed E-state index contributed by atoms with van der Waals surface area (Å²) in [5, 5.41) is 10.3. The van der Waals surface area contributed by atoms with Crippen LogP contribution in [0, 0.1) is 13.8 Å². The van der Waals surface area contributed by atoms with Crippen LogP contribution >= 0.6 is 0 Å². The van der Waals surface area contributed by atoms with Crippen molar-refractivity contribution < 1.29 is 36.8 Å². The van der Waals surface area contributed by atoms with E-state index in [1.807, 2.05) is 0 Å². The number of pyridine rings is 1. The SMILES string of the molecule is Cc1noc(C)c1Nc1ccc2c(-c3nc(N[C@H]4CCCN(C(=O)OC(C)(C)C)C4)ncc3C(F)(F)F)cn(C(=O)OC(C)(C)C)c2n1. The molecule has 0 unspecified atom stereocenters. The van der Waals surface area contributed by atoms with E-state index in [1.165, 1.54) is 6.20 Å². The van der Waals surface area contributed by atoms with E-state index >= 15 is 0 Å². The Kier molecular flexibility index (Phi) is 9.05. The highest BCUT2D eigenvalue weighted by Crippen LogP contribution is 2.40. The number of aryl methyl sites for hydroxylation is 2. The summed E-state index contributed by atoms with van der Waals surface area (Å²) in [5.74, 6) is 0.719. The van der Waals surface area contributed by atoms with Crippen LogP contribution in [0.1, 0.15) is 71.4 Å². The van der Waals surface area contributed by atoms with Crippen LogP contribution in [-0.4, -0.2) is 72.1 Å². The zero-order valence-corrected chi connectivity index (χ0v) is 28.1. The fourth-order valence-corrected chi connectivity index (χ4v) is 5.23. The summed E-state index contributed by atoms with van der Waals surface area (Å²) >= 11 is 0. The predicted molar refractivity (Wildman–Crippen MR) is 171 cm³/mol. The highest BCUT2D eigenvalue weighted by Gasteiger charge is 2.37. The average Bonchev–Trinajstić information content (AvgIpc) is 3.50. The van der Waals surface area contributed by atoms with E-state index < -0.39 is 40.8 Å². The molecule has 258 valence electrons. The van der Waals surface area contributed by atoms with Crippen molar-refractivity contribution in [3.63, 3.8) is 0 Å². The van der Waals surface area contributed by atoms with Gasteiger partial charge in [0.25, 0.3) is 0 Å². The van der Waals surface area contributed by atoms with Crippen LogP contribution in [0.4, 0.5) is 40.2 Å². The highest BCUT2D eigenvalue weighted by molar-refractivity contribution is 5.99. The van der Waals surface area contributed by atoms with Gasteiger partial charge < -0.3 is 29.5 Å². The summed E-state index contributed by atoms with van der Waals surface area (Å²) in [5.41, 5.74) is -1.98. The third kappa shape index (κ3) is 7.80. The molecule has 1 atom stereocenters. The number of hydrogen-bond acceptors (Lipinski definition) is 11. The summed E-state index contributed by atoms with van der Waals surface area (Å²) < 4.78 is 60.7. The van der Waals surface area contributed by atoms with Crippen LogP contribution in [0.2, 0.25) is 0 Å². The van der Waals surface area contributed by atoms with Gasteiger partial charge in [0.05, 0.1) is 5.69 Å². The largest absolute Gasteiger partial charge is 0.444 e. The molecule has 0 aromatic carbocycles. The van der Waals surface area contributed by atoms with Gasteiger partial charge in [0.1, 0.15) is 34.0 Å². The minimum atomic E-state index is -4.83. The summed E-state index contributed by atoms with van der Waals surface area (Å²) in [6.07, 6.45) is -2.94. The van der Waals surface area contributed by atoms with Crippen LogP contribution in [0.5, 0.6) is 0 Å². The molecule has 0 radical (unpaired) electrons. The molecular weight excluding hydrogens is 633 g/mol. The van der Waals surface area contributed by atoms with E-state index in [9.17, 15) is 22.8 Å². The monoisotopic (exact) mass is 672 g/mol. The Hall–Kier alpha value is -4.89. The van der Waals surface area contributed by atoms with Crippen molar-refractivity contribution in [1.82, 2.24) is 29.6 Å². The van der Waals surface area contributed by atoms with E-state index in [0.29, 0.717) is 48.5 Å². The van der Waals surface area contributed by atoms with E-state index in [4.69, 9.17) is 14.0 Å². The maximum atomic E-state index is 14.4. The molecule has 1 fully saturated rings. The lowest BCUT2D eigenvalue weighted by Crippen LogP contribution is -2.47. The summed E-state index contributed by atoms with van der Waals surface area (Å²) in [7, 11) is 0. The lowest BCUT2D eigenvalue weighted by molar-refractivity contribution is -0.137. The van der Waals surface area contributed by atoms with Gasteiger partial charge in [-0.2, -0.15) is 13.2 Å². The lowest BCUT2D eigenvalue weighted by Gasteiger charge is -2.34. The standard InChI is InChI=1S/C32H39F3N8O5/c1-17-24(18(2)48-41-17)38-23-12-11-20-21(16-43(26(20)39-23)29(45)47-31(6,7)8)25-22(32(33,34)35)14-36-27(40-25)37-19-10-9-13-42(15-19)28(44)46-30(3,4)5/h11-12,14,16,19H,9-10,13,15H2,1-8H3,(H,38,39)(H,36,37,40)/t19-/m0/s1. The maximum Gasteiger partial charge on any atom is 0.420 e. The predicted octanol–water partition coefficient (Wildman–Crippen LogP) is 7.46. The van der Waals surface area contributed by atoms with Gasteiger partial charge in [-0.15, -0.1) is 0 Å². The molecule has 1 aliphatic heterocycles. The molecule has 48 heavy (non-hydrogen) atoms. The first kappa shape index (κ1) is 34.4. The third-order valence-electron chi connectivity index (χ3n) is 7.28. The van der Waals surface area contributed by atoms with Gasteiger partial charge in [0.15, 0.2) is 11.4 Å². The number of fused-ring (bicyclic) bond motifs is 1. The molecule has 5 rings (SSSR count). The molecule has 4 aromatic rings. The molecule has 0 bridgehead atoms. The van der Waals surface area contributed by atoms with Gasteiger partial charge in [-0.05, 0) is 80.4 Å². The van der Waals surface area contributed by atoms with Gasteiger partial charge in [-0.25, -0.2) is 29.1 Å². The summed E-state index contributed by atoms with van der Waals surface area (Å²) in [4.78, 5) is 40.5. The molecule has 0 spiro atoms. The molecule has 16 heteroatoms. The van der Waals surface area contributed by atoms with Gasteiger partial charge >= 0.3 is 18.4 Å². The number of likely N-dealkylation sites (tertiary alicyclic amines) is 1. The highest BCUT2D eigenvalue weighted by atomic mass is 19.4. The number of carbonyl (C=O) groups is 2. The molecule has 1 saturated heterocycles. The van der Waals surface area contributed by atoms with E-state index in [0.717, 1.165) is 4.57 Å². The number of rotatable bonds is 5. The molecule has 0 aliphatic carbocycles. The smallest absolute Gasteiger partial charge is 0.420 e. The first-order valence-corrected chi connectivity index (χ1v) is 15.4. The van der Waals surface area contributed by atoms with Gasteiger partial charge in [0.2, 0.25) is 5.95 Å². The fourth-order valence-electron chi connectivity index (χ4n) is 5.23. The zero-order valence-electron chi connectivity index (χ0n) is 28.1. The quantitative estimate of drug-likeness (QED) is 0.218. The second-order valence-corrected chi connectivity index (χ2v) is 13.6. The Morgan fingerprint density at radius 1 is 1.00 bits per heavy atom. The van der Waals surface area contributed by atoms with E-state index in [1.54, 1.807) is 72.4 Å². The zero-order chi connectivity index (χ0) is 35.2. The van der Waals surface area contributed by atoms with Crippen molar-refractivity contribution in [3.05, 3.63) is 41.5 Å². The molecule has 2 N–H and O–H groups in total. The van der Waals surface area contributed by atoms with E-state index in [2.05, 4.69) is 30.7 Å². The molecule has 13 nitrogen and oxygen atoms in total. The number of nitrogens with one attached hydrogen (secondary N) is 2. The topological polar surface area (TPSA) is 150 Å². The molecule has 1 amide bonds. The number of ether oxygens (including phenoxy) is 2.